The van der Waals surface area contributed by atoms with Gasteiger partial charge in [0.1, 0.15) is 17.3 Å². The highest BCUT2D eigenvalue weighted by molar-refractivity contribution is 5.78. The number of hydrogen-bond donors (Lipinski definition) is 4. The number of benzene rings is 3. The van der Waals surface area contributed by atoms with Gasteiger partial charge in [-0.3, -0.25) is 0 Å². The van der Waals surface area contributed by atoms with Gasteiger partial charge in [-0.15, -0.1) is 0 Å². The summed E-state index contributed by atoms with van der Waals surface area (Å²) in [7, 11) is 0. The number of imidazole rings is 2. The topological polar surface area (TPSA) is 87.9 Å². The number of aromatic amines is 2. The fraction of sp³-hybridized carbons (Fsp3) is 0.512. The van der Waals surface area contributed by atoms with Crippen molar-refractivity contribution < 1.29 is 8.78 Å². The summed E-state index contributed by atoms with van der Waals surface area (Å²) < 4.78 is 32.6. The Morgan fingerprint density at radius 3 is 1.63 bits per heavy atom. The van der Waals surface area contributed by atoms with E-state index in [0.29, 0.717) is 24.7 Å². The summed E-state index contributed by atoms with van der Waals surface area (Å²) in [5.74, 6) is 1.53. The van der Waals surface area contributed by atoms with Gasteiger partial charge >= 0.3 is 0 Å². The molecular formula is C41H50F2N8. The summed E-state index contributed by atoms with van der Waals surface area (Å²) in [5.41, 5.74) is 6.99. The van der Waals surface area contributed by atoms with Crippen LogP contribution in [-0.2, 0) is 0 Å². The van der Waals surface area contributed by atoms with Crippen LogP contribution in [0.4, 0.5) is 20.2 Å². The summed E-state index contributed by atoms with van der Waals surface area (Å²) in [4.78, 5) is 21.2. The van der Waals surface area contributed by atoms with E-state index in [1.807, 2.05) is 4.90 Å². The molecule has 0 amide bonds. The minimum atomic E-state index is -0.487. The van der Waals surface area contributed by atoms with Crippen molar-refractivity contribution in [3.8, 4) is 0 Å². The van der Waals surface area contributed by atoms with Crippen LogP contribution in [0.3, 0.4) is 0 Å². The molecule has 0 saturated carbocycles. The second-order valence-electron chi connectivity index (χ2n) is 16.5. The maximum Gasteiger partial charge on any atom is 0.151 e. The fourth-order valence-corrected chi connectivity index (χ4v) is 9.47. The van der Waals surface area contributed by atoms with Gasteiger partial charge in [-0.05, 0) is 123 Å². The van der Waals surface area contributed by atoms with Crippen molar-refractivity contribution in [1.82, 2.24) is 30.6 Å². The monoisotopic (exact) mass is 692 g/mol. The third kappa shape index (κ3) is 6.08. The zero-order valence-corrected chi connectivity index (χ0v) is 30.0. The molecule has 268 valence electrons. The Kier molecular flexibility index (Phi) is 8.30. The number of rotatable bonds is 6. The smallest absolute Gasteiger partial charge is 0.151 e. The first-order chi connectivity index (χ1) is 24.7. The zero-order valence-electron chi connectivity index (χ0n) is 30.0. The Morgan fingerprint density at radius 2 is 1.18 bits per heavy atom. The number of nitrogens with zero attached hydrogens (tertiary/aromatic N) is 4. The number of anilines is 2. The van der Waals surface area contributed by atoms with Crippen LogP contribution in [0, 0.1) is 23.0 Å². The molecule has 2 aromatic heterocycles. The van der Waals surface area contributed by atoms with E-state index >= 15 is 8.78 Å². The van der Waals surface area contributed by atoms with E-state index in [1.165, 1.54) is 0 Å². The molecule has 5 aromatic rings. The maximum atomic E-state index is 16.3. The number of hydrogen-bond acceptors (Lipinski definition) is 6. The van der Waals surface area contributed by atoms with Crippen molar-refractivity contribution in [3.63, 3.8) is 0 Å². The Hall–Kier alpha value is -4.02. The van der Waals surface area contributed by atoms with Gasteiger partial charge in [0.15, 0.2) is 11.6 Å². The van der Waals surface area contributed by atoms with Crippen LogP contribution in [0.1, 0.15) is 119 Å². The molecule has 9 rings (SSSR count). The van der Waals surface area contributed by atoms with Crippen molar-refractivity contribution in [3.05, 3.63) is 82.9 Å². The lowest BCUT2D eigenvalue weighted by molar-refractivity contribution is 0.198. The van der Waals surface area contributed by atoms with Crippen LogP contribution in [0.5, 0.6) is 0 Å². The van der Waals surface area contributed by atoms with E-state index in [9.17, 15) is 0 Å². The molecule has 0 unspecified atom stereocenters. The highest BCUT2D eigenvalue weighted by Gasteiger charge is 2.38. The first-order valence-corrected chi connectivity index (χ1v) is 19.2. The average molecular weight is 693 g/mol. The van der Waals surface area contributed by atoms with Gasteiger partial charge in [-0.2, -0.15) is 0 Å². The van der Waals surface area contributed by atoms with Crippen LogP contribution >= 0.6 is 0 Å². The first-order valence-electron chi connectivity index (χ1n) is 19.2. The van der Waals surface area contributed by atoms with Gasteiger partial charge in [0.05, 0.1) is 46.2 Å². The number of nitrogens with one attached hydrogen (secondary N) is 4. The number of H-pyrrole nitrogens is 2. The molecule has 0 spiro atoms. The third-order valence-electron chi connectivity index (χ3n) is 12.3. The van der Waals surface area contributed by atoms with Gasteiger partial charge in [-0.25, -0.2) is 18.7 Å². The van der Waals surface area contributed by atoms with Crippen molar-refractivity contribution in [2.45, 2.75) is 96.3 Å². The van der Waals surface area contributed by atoms with Crippen LogP contribution in [0.2, 0.25) is 0 Å². The number of fused-ring (bicyclic) bond motifs is 2. The van der Waals surface area contributed by atoms with E-state index in [2.05, 4.69) is 82.7 Å². The molecule has 3 aromatic carbocycles. The molecule has 51 heavy (non-hydrogen) atoms. The van der Waals surface area contributed by atoms with Gasteiger partial charge in [0, 0.05) is 18.8 Å². The van der Waals surface area contributed by atoms with Crippen molar-refractivity contribution in [1.29, 1.82) is 0 Å². The molecule has 10 heteroatoms. The minimum Gasteiger partial charge on any atom is -0.367 e. The summed E-state index contributed by atoms with van der Waals surface area (Å²) in [6.45, 7) is 10.1. The molecule has 0 radical (unpaired) electrons. The van der Waals surface area contributed by atoms with E-state index < -0.39 is 11.6 Å². The largest absolute Gasteiger partial charge is 0.367 e. The first kappa shape index (κ1) is 32.9. The number of piperidine rings is 1. The van der Waals surface area contributed by atoms with E-state index in [1.54, 1.807) is 12.1 Å². The van der Waals surface area contributed by atoms with E-state index in [0.717, 1.165) is 109 Å². The summed E-state index contributed by atoms with van der Waals surface area (Å²) in [6, 6.07) is 16.4. The lowest BCUT2D eigenvalue weighted by atomic mass is 9.75. The SMILES string of the molecule is CC(C)(C)C1CCN(c2c(F)cc(N3[C@@H](c4ccc5nc([C@@H]6CCCN6)[nH]c5c4)CC[C@@H]3c3ccc4nc([C@@H]5CCCN5)[nH]c4c3)cc2F)CC1. The Labute approximate surface area is 298 Å². The number of halogens is 2. The second kappa shape index (κ2) is 12.9. The van der Waals surface area contributed by atoms with Crippen LogP contribution in [0.25, 0.3) is 22.1 Å². The molecule has 0 aliphatic carbocycles. The Balaban J connectivity index is 1.08. The Morgan fingerprint density at radius 1 is 0.667 bits per heavy atom. The third-order valence-corrected chi connectivity index (χ3v) is 12.3. The molecule has 0 bridgehead atoms. The van der Waals surface area contributed by atoms with Crippen LogP contribution < -0.4 is 20.4 Å². The molecule has 4 N–H and O–H groups in total. The maximum absolute atomic E-state index is 16.3. The zero-order chi connectivity index (χ0) is 34.9. The fourth-order valence-electron chi connectivity index (χ4n) is 9.47. The van der Waals surface area contributed by atoms with Crippen LogP contribution in [0.15, 0.2) is 48.5 Å². The quantitative estimate of drug-likeness (QED) is 0.142. The van der Waals surface area contributed by atoms with Gasteiger partial charge in [0.2, 0.25) is 0 Å². The summed E-state index contributed by atoms with van der Waals surface area (Å²) in [5, 5.41) is 7.09. The molecule has 4 fully saturated rings. The van der Waals surface area contributed by atoms with Crippen molar-refractivity contribution >= 4 is 33.4 Å². The lowest BCUT2D eigenvalue weighted by Crippen LogP contribution is -2.39. The van der Waals surface area contributed by atoms with Gasteiger partial charge in [0.25, 0.3) is 0 Å². The lowest BCUT2D eigenvalue weighted by Gasteiger charge is -2.40. The molecule has 8 nitrogen and oxygen atoms in total. The summed E-state index contributed by atoms with van der Waals surface area (Å²) >= 11 is 0. The van der Waals surface area contributed by atoms with Crippen molar-refractivity contribution in [2.24, 2.45) is 11.3 Å². The second-order valence-corrected chi connectivity index (χ2v) is 16.5. The predicted molar refractivity (Wildman–Crippen MR) is 200 cm³/mol. The van der Waals surface area contributed by atoms with Crippen molar-refractivity contribution in [2.75, 3.05) is 36.0 Å². The minimum absolute atomic E-state index is 0.0707. The molecule has 4 saturated heterocycles. The van der Waals surface area contributed by atoms with Crippen LogP contribution in [-0.4, -0.2) is 46.1 Å². The van der Waals surface area contributed by atoms with E-state index in [4.69, 9.17) is 9.97 Å². The normalized spacial score (nSPS) is 24.9. The summed E-state index contributed by atoms with van der Waals surface area (Å²) in [6.07, 6.45) is 8.02. The molecule has 4 aliphatic rings. The van der Waals surface area contributed by atoms with Gasteiger partial charge < -0.3 is 30.4 Å². The van der Waals surface area contributed by atoms with Gasteiger partial charge in [-0.1, -0.05) is 32.9 Å². The molecular weight excluding hydrogens is 643 g/mol. The highest BCUT2D eigenvalue weighted by atomic mass is 19.1. The standard InChI is InChI=1S/C41H50F2N8/c1-41(2,3)26-14-18-50(19-15-26)38-28(42)22-27(23-29(38)43)51-36(24-8-10-30-34(20-24)48-39(46-30)32-6-4-16-44-32)12-13-37(51)25-9-11-31-35(21-25)49-40(47-31)33-7-5-17-45-33/h8-11,20-23,26,32-33,36-37,44-45H,4-7,12-19H2,1-3H3,(H,46,48)(H,47,49)/t32-,33-,36+,37+/m0/s1. The average Bonchev–Trinajstić information content (AvgIpc) is 3.96. The Bertz CT molecular complexity index is 1920. The number of aromatic nitrogens is 4. The highest BCUT2D eigenvalue weighted by Crippen LogP contribution is 2.49. The van der Waals surface area contributed by atoms with E-state index in [-0.39, 0.29) is 35.3 Å². The molecule has 4 atom stereocenters. The predicted octanol–water partition coefficient (Wildman–Crippen LogP) is 8.91. The molecule has 6 heterocycles. The molecule has 4 aliphatic heterocycles.